The molecular weight excluding hydrogens is 390 g/mol. The Kier molecular flexibility index (Phi) is 9.93. The monoisotopic (exact) mass is 411 g/mol. The van der Waals surface area contributed by atoms with Crippen LogP contribution < -0.4 is 0 Å². The first-order valence-electron chi connectivity index (χ1n) is 5.94. The maximum atomic E-state index is 7.73. The van der Waals surface area contributed by atoms with Gasteiger partial charge in [0, 0.05) is 0 Å². The van der Waals surface area contributed by atoms with Gasteiger partial charge in [0.25, 0.3) is 0 Å². The van der Waals surface area contributed by atoms with Gasteiger partial charge in [0.05, 0.1) is 0 Å². The molecule has 0 aliphatic carbocycles. The van der Waals surface area contributed by atoms with E-state index in [2.05, 4.69) is 6.92 Å². The van der Waals surface area contributed by atoms with Gasteiger partial charge in [-0.15, -0.1) is 0 Å². The number of hydrogen-bond acceptors (Lipinski definition) is 0. The number of hydrogen-bond donors (Lipinski definition) is 0. The van der Waals surface area contributed by atoms with Crippen molar-refractivity contribution in [3.05, 3.63) is 0 Å². The maximum absolute atomic E-state index is 7.73. The van der Waals surface area contributed by atoms with Gasteiger partial charge in [-0.25, -0.2) is 0 Å². The molecule has 0 unspecified atom stereocenters. The zero-order valence-electron chi connectivity index (χ0n) is 10.0. The van der Waals surface area contributed by atoms with Gasteiger partial charge in [0.1, 0.15) is 0 Å². The van der Waals surface area contributed by atoms with Crippen molar-refractivity contribution in [3.63, 3.8) is 0 Å². The Balaban J connectivity index is 3.54. The standard InChI is InChI=1S/C10H20Cl4Te/c1-2-3-4-5-6-7-8-10(11)9-15(12,13)14/h10H,2-9H2,1H3/t10-/m0/s1/i9D/t9-,10-. The summed E-state index contributed by atoms with van der Waals surface area (Å²) in [6.07, 6.45) is 8.09. The minimum absolute atomic E-state index is 0.292. The Labute approximate surface area is 115 Å². The molecule has 2 atom stereocenters. The summed E-state index contributed by atoms with van der Waals surface area (Å²) in [6.45, 7) is 2.20. The molecular formula is C10H20Cl4Te. The van der Waals surface area contributed by atoms with E-state index >= 15 is 0 Å². The number of unbranched alkanes of at least 4 members (excludes halogenated alkanes) is 5. The summed E-state index contributed by atoms with van der Waals surface area (Å²) in [6, 6.07) is 0. The van der Waals surface area contributed by atoms with Crippen LogP contribution in [0, 0.1) is 0 Å². The van der Waals surface area contributed by atoms with Crippen LogP contribution in [0.2, 0.25) is 4.44 Å². The second-order valence-corrected chi connectivity index (χ2v) is 20.5. The van der Waals surface area contributed by atoms with E-state index in [0.29, 0.717) is 0 Å². The van der Waals surface area contributed by atoms with Crippen LogP contribution in [-0.2, 0) is 0 Å². The Morgan fingerprint density at radius 1 is 1.07 bits per heavy atom. The van der Waals surface area contributed by atoms with E-state index in [9.17, 15) is 0 Å². The third kappa shape index (κ3) is 13.9. The normalized spacial score (nSPS) is 18.3. The summed E-state index contributed by atoms with van der Waals surface area (Å²) < 4.78 is 7.07. The first kappa shape index (κ1) is 15.0. The van der Waals surface area contributed by atoms with Crippen molar-refractivity contribution in [2.75, 3.05) is 0 Å². The van der Waals surface area contributed by atoms with Crippen molar-refractivity contribution < 1.29 is 1.37 Å². The van der Waals surface area contributed by atoms with E-state index in [1.807, 2.05) is 0 Å². The van der Waals surface area contributed by atoms with Crippen LogP contribution in [0.3, 0.4) is 0 Å². The Morgan fingerprint density at radius 3 is 2.13 bits per heavy atom. The van der Waals surface area contributed by atoms with Crippen molar-refractivity contribution in [2.24, 2.45) is 0 Å². The van der Waals surface area contributed by atoms with Crippen LogP contribution >= 0.6 is 38.5 Å². The topological polar surface area (TPSA) is 0 Å². The molecule has 0 heterocycles. The molecule has 0 bridgehead atoms. The molecule has 15 heavy (non-hydrogen) atoms. The Morgan fingerprint density at radius 2 is 1.60 bits per heavy atom. The summed E-state index contributed by atoms with van der Waals surface area (Å²) in [7, 11) is 17.4. The van der Waals surface area contributed by atoms with Crippen molar-refractivity contribution in [1.29, 1.82) is 0 Å². The fraction of sp³-hybridized carbons (Fsp3) is 1.00. The molecule has 0 saturated heterocycles. The average molecular weight is 411 g/mol. The summed E-state index contributed by atoms with van der Waals surface area (Å²) in [5.74, 6) is 0. The quantitative estimate of drug-likeness (QED) is 0.248. The summed E-state index contributed by atoms with van der Waals surface area (Å²) >= 11 is 2.60. The molecule has 0 N–H and O–H groups in total. The predicted molar refractivity (Wildman–Crippen MR) is 75.8 cm³/mol. The minimum atomic E-state index is -3.46. The first-order chi connectivity index (χ1) is 7.39. The van der Waals surface area contributed by atoms with Crippen LogP contribution in [0.5, 0.6) is 0 Å². The molecule has 0 amide bonds. The second-order valence-electron chi connectivity index (χ2n) is 3.65. The zero-order chi connectivity index (χ0) is 12.6. The second kappa shape index (κ2) is 9.93. The molecule has 0 aromatic heterocycles. The van der Waals surface area contributed by atoms with E-state index < -0.39 is 19.3 Å². The van der Waals surface area contributed by atoms with E-state index in [1.54, 1.807) is 0 Å². The molecule has 0 radical (unpaired) electrons. The first-order valence-corrected chi connectivity index (χ1v) is 16.0. The van der Waals surface area contributed by atoms with Gasteiger partial charge in [0.2, 0.25) is 0 Å². The number of halogens is 4. The molecule has 0 fully saturated rings. The van der Waals surface area contributed by atoms with Crippen LogP contribution in [0.25, 0.3) is 0 Å². The van der Waals surface area contributed by atoms with Crippen LogP contribution in [0.4, 0.5) is 0 Å². The zero-order valence-corrected chi connectivity index (χ0v) is 14.4. The van der Waals surface area contributed by atoms with Gasteiger partial charge in [-0.2, -0.15) is 0 Å². The summed E-state index contributed by atoms with van der Waals surface area (Å²) in [5, 5.41) is -0.292. The molecule has 0 aliphatic rings. The van der Waals surface area contributed by atoms with Crippen LogP contribution in [0.15, 0.2) is 0 Å². The molecule has 0 spiro atoms. The van der Waals surface area contributed by atoms with Gasteiger partial charge >= 0.3 is 116 Å². The van der Waals surface area contributed by atoms with Crippen molar-refractivity contribution in [1.82, 2.24) is 0 Å². The number of alkyl halides is 1. The number of rotatable bonds is 9. The van der Waals surface area contributed by atoms with Gasteiger partial charge in [0.15, 0.2) is 0 Å². The van der Waals surface area contributed by atoms with Crippen LogP contribution in [0.1, 0.15) is 53.2 Å². The van der Waals surface area contributed by atoms with Gasteiger partial charge < -0.3 is 0 Å². The molecule has 0 aromatic rings. The molecule has 0 aromatic carbocycles. The molecule has 0 saturated carbocycles. The van der Waals surface area contributed by atoms with E-state index in [1.165, 1.54) is 32.1 Å². The fourth-order valence-corrected chi connectivity index (χ4v) is 7.45. The van der Waals surface area contributed by atoms with E-state index in [4.69, 9.17) is 39.9 Å². The van der Waals surface area contributed by atoms with E-state index in [0.717, 1.165) is 12.8 Å². The SMILES string of the molecule is [2H][C@@H]([C@@H](Cl)CCCCCCCC)[Te](Cl)(Cl)Cl. The van der Waals surface area contributed by atoms with Crippen LogP contribution in [-0.4, -0.2) is 20.2 Å². The summed E-state index contributed by atoms with van der Waals surface area (Å²) in [5.41, 5.74) is 0. The predicted octanol–water partition coefficient (Wildman–Crippen LogP) is 6.00. The Hall–Kier alpha value is 1.95. The van der Waals surface area contributed by atoms with Gasteiger partial charge in [-0.05, 0) is 0 Å². The average Bonchev–Trinajstić information content (AvgIpc) is 2.20. The molecule has 0 nitrogen and oxygen atoms in total. The van der Waals surface area contributed by atoms with Gasteiger partial charge in [-0.3, -0.25) is 0 Å². The third-order valence-electron chi connectivity index (χ3n) is 2.14. The van der Waals surface area contributed by atoms with Crippen molar-refractivity contribution >= 4 is 53.3 Å². The summed E-state index contributed by atoms with van der Waals surface area (Å²) in [4.78, 5) is 0. The van der Waals surface area contributed by atoms with Crippen molar-refractivity contribution in [3.8, 4) is 0 Å². The Bertz CT molecular complexity index is 175. The molecule has 0 rings (SSSR count). The third-order valence-corrected chi connectivity index (χ3v) is 6.84. The fourth-order valence-electron chi connectivity index (χ4n) is 1.36. The molecule has 5 heteroatoms. The van der Waals surface area contributed by atoms with E-state index in [-0.39, 0.29) is 5.38 Å². The van der Waals surface area contributed by atoms with Crippen molar-refractivity contribution in [2.45, 2.75) is 61.7 Å². The molecule has 0 aliphatic heterocycles. The van der Waals surface area contributed by atoms with Gasteiger partial charge in [-0.1, -0.05) is 0 Å². The molecule has 94 valence electrons.